The van der Waals surface area contributed by atoms with Gasteiger partial charge < -0.3 is 10.1 Å². The quantitative estimate of drug-likeness (QED) is 0.599. The average molecular weight is 409 g/mol. The van der Waals surface area contributed by atoms with Crippen molar-refractivity contribution in [2.75, 3.05) is 46.9 Å². The maximum Gasteiger partial charge on any atom is 0.252 e. The third-order valence-corrected chi connectivity index (χ3v) is 5.56. The number of nitrogens with zero attached hydrogens (tertiary/aromatic N) is 5. The van der Waals surface area contributed by atoms with Crippen LogP contribution in [0.25, 0.3) is 5.65 Å². The maximum absolute atomic E-state index is 12.5. The Morgan fingerprint density at radius 1 is 1.17 bits per heavy atom. The Hall–Kier alpha value is -2.81. The molecule has 0 aliphatic carbocycles. The van der Waals surface area contributed by atoms with E-state index < -0.39 is 0 Å². The fourth-order valence-electron chi connectivity index (χ4n) is 3.83. The van der Waals surface area contributed by atoms with Crippen LogP contribution in [0.3, 0.4) is 0 Å². The summed E-state index contributed by atoms with van der Waals surface area (Å²) in [6, 6.07) is 14.2. The Bertz CT molecular complexity index is 990. The van der Waals surface area contributed by atoms with Crippen LogP contribution in [-0.2, 0) is 11.3 Å². The van der Waals surface area contributed by atoms with Crippen molar-refractivity contribution >= 4 is 11.6 Å². The first kappa shape index (κ1) is 20.5. The van der Waals surface area contributed by atoms with Gasteiger partial charge in [0.2, 0.25) is 0 Å². The number of pyridine rings is 1. The first-order chi connectivity index (χ1) is 14.7. The lowest BCUT2D eigenvalue weighted by molar-refractivity contribution is 0.0852. The second kappa shape index (κ2) is 9.34. The van der Waals surface area contributed by atoms with Gasteiger partial charge in [-0.2, -0.15) is 0 Å². The highest BCUT2D eigenvalue weighted by Crippen LogP contribution is 2.24. The van der Waals surface area contributed by atoms with E-state index in [0.717, 1.165) is 37.7 Å². The Morgan fingerprint density at radius 2 is 2.00 bits per heavy atom. The van der Waals surface area contributed by atoms with Crippen LogP contribution in [-0.4, -0.2) is 77.2 Å². The molecule has 3 aromatic rings. The van der Waals surface area contributed by atoms with E-state index in [1.807, 2.05) is 22.7 Å². The zero-order valence-corrected chi connectivity index (χ0v) is 17.5. The fourth-order valence-corrected chi connectivity index (χ4v) is 3.83. The molecule has 8 heteroatoms. The average Bonchev–Trinajstić information content (AvgIpc) is 3.19. The van der Waals surface area contributed by atoms with Crippen molar-refractivity contribution in [2.45, 2.75) is 12.6 Å². The summed E-state index contributed by atoms with van der Waals surface area (Å²) in [7, 11) is 3.73. The molecule has 0 radical (unpaired) electrons. The number of rotatable bonds is 7. The number of ether oxygens (including phenoxy) is 1. The smallest absolute Gasteiger partial charge is 0.252 e. The van der Waals surface area contributed by atoms with Crippen LogP contribution in [0.2, 0.25) is 0 Å². The molecule has 1 aromatic carbocycles. The largest absolute Gasteiger partial charge is 0.383 e. The number of aromatic nitrogens is 3. The standard InChI is InChI=1S/C22H28N6O2/c1-26-11-12-27(14-17-6-4-3-5-7-17)16-19(26)21-25-24-20-9-8-18(15-28(20)21)22(29)23-10-13-30-2/h3-9,15,19H,10-14,16H2,1-2H3,(H,23,29)/t19-/m0/s1. The number of piperazine rings is 1. The molecule has 4 rings (SSSR count). The molecule has 0 unspecified atom stereocenters. The molecule has 30 heavy (non-hydrogen) atoms. The van der Waals surface area contributed by atoms with Gasteiger partial charge in [0.25, 0.3) is 5.91 Å². The summed E-state index contributed by atoms with van der Waals surface area (Å²) >= 11 is 0. The minimum atomic E-state index is -0.128. The second-order valence-electron chi connectivity index (χ2n) is 7.67. The normalized spacial score (nSPS) is 18.0. The summed E-state index contributed by atoms with van der Waals surface area (Å²) < 4.78 is 6.94. The Kier molecular flexibility index (Phi) is 6.37. The molecule has 1 atom stereocenters. The fraction of sp³-hybridized carbons (Fsp3) is 0.409. The number of carbonyl (C=O) groups excluding carboxylic acids is 1. The van der Waals surface area contributed by atoms with Crippen LogP contribution in [0.5, 0.6) is 0 Å². The van der Waals surface area contributed by atoms with Gasteiger partial charge in [0.05, 0.1) is 18.2 Å². The van der Waals surface area contributed by atoms with Crippen LogP contribution in [0.4, 0.5) is 0 Å². The maximum atomic E-state index is 12.5. The summed E-state index contributed by atoms with van der Waals surface area (Å²) in [6.07, 6.45) is 1.83. The summed E-state index contributed by atoms with van der Waals surface area (Å²) in [4.78, 5) is 17.2. The lowest BCUT2D eigenvalue weighted by Crippen LogP contribution is -2.46. The molecule has 0 bridgehead atoms. The van der Waals surface area contributed by atoms with Crippen LogP contribution >= 0.6 is 0 Å². The number of benzene rings is 1. The SMILES string of the molecule is COCCNC(=O)c1ccc2nnc([C@@H]3CN(Cc4ccccc4)CCN3C)n2c1. The lowest BCUT2D eigenvalue weighted by Gasteiger charge is -2.38. The van der Waals surface area contributed by atoms with Gasteiger partial charge in [-0.1, -0.05) is 30.3 Å². The molecule has 1 N–H and O–H groups in total. The van der Waals surface area contributed by atoms with Gasteiger partial charge >= 0.3 is 0 Å². The number of nitrogens with one attached hydrogen (secondary N) is 1. The number of likely N-dealkylation sites (N-methyl/N-ethyl adjacent to an activating group) is 1. The van der Waals surface area contributed by atoms with Crippen molar-refractivity contribution in [1.82, 2.24) is 29.7 Å². The predicted octanol–water partition coefficient (Wildman–Crippen LogP) is 1.59. The summed E-state index contributed by atoms with van der Waals surface area (Å²) in [5.41, 5.74) is 2.63. The van der Waals surface area contributed by atoms with Gasteiger partial charge in [0, 0.05) is 46.0 Å². The molecular formula is C22H28N6O2. The molecular weight excluding hydrogens is 380 g/mol. The summed E-state index contributed by atoms with van der Waals surface area (Å²) in [5.74, 6) is 0.730. The summed E-state index contributed by atoms with van der Waals surface area (Å²) in [5, 5.41) is 11.7. The zero-order valence-electron chi connectivity index (χ0n) is 17.5. The number of hydrogen-bond acceptors (Lipinski definition) is 6. The second-order valence-corrected chi connectivity index (χ2v) is 7.67. The van der Waals surface area contributed by atoms with E-state index in [9.17, 15) is 4.79 Å². The highest BCUT2D eigenvalue weighted by Gasteiger charge is 2.29. The molecule has 1 aliphatic rings. The molecule has 3 heterocycles. The molecule has 0 spiro atoms. The zero-order chi connectivity index (χ0) is 20.9. The van der Waals surface area contributed by atoms with E-state index in [-0.39, 0.29) is 11.9 Å². The first-order valence-electron chi connectivity index (χ1n) is 10.2. The van der Waals surface area contributed by atoms with Crippen LogP contribution < -0.4 is 5.32 Å². The lowest BCUT2D eigenvalue weighted by atomic mass is 10.1. The van der Waals surface area contributed by atoms with E-state index in [0.29, 0.717) is 18.7 Å². The third kappa shape index (κ3) is 4.51. The van der Waals surface area contributed by atoms with Crippen molar-refractivity contribution in [3.05, 3.63) is 65.6 Å². The number of carbonyl (C=O) groups is 1. The third-order valence-electron chi connectivity index (χ3n) is 5.56. The van der Waals surface area contributed by atoms with Crippen LogP contribution in [0.15, 0.2) is 48.7 Å². The topological polar surface area (TPSA) is 75.0 Å². The molecule has 0 saturated carbocycles. The monoisotopic (exact) mass is 408 g/mol. The molecule has 8 nitrogen and oxygen atoms in total. The molecule has 1 saturated heterocycles. The van der Waals surface area contributed by atoms with Crippen molar-refractivity contribution in [3.8, 4) is 0 Å². The van der Waals surface area contributed by atoms with E-state index in [2.05, 4.69) is 56.6 Å². The van der Waals surface area contributed by atoms with Gasteiger partial charge in [-0.25, -0.2) is 0 Å². The van der Waals surface area contributed by atoms with Crippen molar-refractivity contribution in [3.63, 3.8) is 0 Å². The first-order valence-corrected chi connectivity index (χ1v) is 10.2. The minimum absolute atomic E-state index is 0.101. The van der Waals surface area contributed by atoms with E-state index >= 15 is 0 Å². The minimum Gasteiger partial charge on any atom is -0.383 e. The molecule has 1 aliphatic heterocycles. The van der Waals surface area contributed by atoms with Gasteiger partial charge in [-0.05, 0) is 24.7 Å². The van der Waals surface area contributed by atoms with Crippen molar-refractivity contribution in [1.29, 1.82) is 0 Å². The van der Waals surface area contributed by atoms with Crippen LogP contribution in [0, 0.1) is 0 Å². The van der Waals surface area contributed by atoms with E-state index in [1.54, 1.807) is 13.2 Å². The van der Waals surface area contributed by atoms with Crippen molar-refractivity contribution in [2.24, 2.45) is 0 Å². The number of fused-ring (bicyclic) bond motifs is 1. The van der Waals surface area contributed by atoms with Gasteiger partial charge in [-0.15, -0.1) is 10.2 Å². The molecule has 1 amide bonds. The summed E-state index contributed by atoms with van der Waals surface area (Å²) in [6.45, 7) is 4.68. The predicted molar refractivity (Wildman–Crippen MR) is 114 cm³/mol. The van der Waals surface area contributed by atoms with Crippen LogP contribution in [0.1, 0.15) is 27.8 Å². The van der Waals surface area contributed by atoms with E-state index in [1.165, 1.54) is 5.56 Å². The number of amides is 1. The highest BCUT2D eigenvalue weighted by molar-refractivity contribution is 5.94. The van der Waals surface area contributed by atoms with Gasteiger partial charge in [0.15, 0.2) is 11.5 Å². The molecule has 2 aromatic heterocycles. The molecule has 158 valence electrons. The Balaban J connectivity index is 1.54. The van der Waals surface area contributed by atoms with Gasteiger partial charge in [0.1, 0.15) is 0 Å². The Labute approximate surface area is 176 Å². The van der Waals surface area contributed by atoms with Gasteiger partial charge in [-0.3, -0.25) is 19.0 Å². The Morgan fingerprint density at radius 3 is 2.80 bits per heavy atom. The van der Waals surface area contributed by atoms with E-state index in [4.69, 9.17) is 4.74 Å². The van der Waals surface area contributed by atoms with Crippen molar-refractivity contribution < 1.29 is 9.53 Å². The number of methoxy groups -OCH3 is 1. The molecule has 1 fully saturated rings. The highest BCUT2D eigenvalue weighted by atomic mass is 16.5. The number of hydrogen-bond donors (Lipinski definition) is 1.